The fourth-order valence-corrected chi connectivity index (χ4v) is 6.06. The molecule has 0 amide bonds. The highest BCUT2D eigenvalue weighted by Gasteiger charge is 2.54. The smallest absolute Gasteiger partial charge is 0.0716 e. The molecule has 0 saturated heterocycles. The first kappa shape index (κ1) is 23.2. The van der Waals surface area contributed by atoms with Crippen LogP contribution in [0.3, 0.4) is 0 Å². The van der Waals surface area contributed by atoms with E-state index in [2.05, 4.69) is 50.8 Å². The summed E-state index contributed by atoms with van der Waals surface area (Å²) in [7, 11) is 0. The summed E-state index contributed by atoms with van der Waals surface area (Å²) in [6, 6.07) is 10.4. The van der Waals surface area contributed by atoms with Gasteiger partial charge < -0.3 is 14.6 Å². The molecule has 0 spiro atoms. The molecule has 2 aliphatic rings. The molecule has 3 rings (SSSR count). The quantitative estimate of drug-likeness (QED) is 0.361. The minimum Gasteiger partial charge on any atom is -0.396 e. The molecular formula is C27H40O3. The molecule has 0 aliphatic heterocycles. The van der Waals surface area contributed by atoms with Gasteiger partial charge in [-0.1, -0.05) is 61.6 Å². The standard InChI is InChI=1S/C27H40O3/c1-4-9-21(2)23-14-16-27(3)25(12-13-26(27)30-18-8-17-28)24(23)15-19-29-20-22-10-6-5-7-11-22/h4-7,9-11,23-26,28H,1,8,12-20H2,2-3H3/b21-9+/t23-,24-,25+,26+,27+/m1/s1. The van der Waals surface area contributed by atoms with Gasteiger partial charge in [0.2, 0.25) is 0 Å². The molecule has 5 atom stereocenters. The van der Waals surface area contributed by atoms with Gasteiger partial charge in [-0.2, -0.15) is 0 Å². The molecule has 1 aromatic carbocycles. The van der Waals surface area contributed by atoms with E-state index >= 15 is 0 Å². The molecule has 0 heterocycles. The molecule has 2 aliphatic carbocycles. The predicted octanol–water partition coefficient (Wildman–Crippen LogP) is 5.94. The van der Waals surface area contributed by atoms with Crippen LogP contribution in [0.4, 0.5) is 0 Å². The van der Waals surface area contributed by atoms with Gasteiger partial charge in [0.25, 0.3) is 0 Å². The van der Waals surface area contributed by atoms with Crippen molar-refractivity contribution in [3.05, 3.63) is 60.2 Å². The van der Waals surface area contributed by atoms with Crippen LogP contribution in [0.5, 0.6) is 0 Å². The summed E-state index contributed by atoms with van der Waals surface area (Å²) in [5.74, 6) is 1.91. The van der Waals surface area contributed by atoms with E-state index in [9.17, 15) is 0 Å². The van der Waals surface area contributed by atoms with Gasteiger partial charge in [0, 0.05) is 19.8 Å². The van der Waals surface area contributed by atoms with Crippen molar-refractivity contribution in [2.24, 2.45) is 23.2 Å². The fourth-order valence-electron chi connectivity index (χ4n) is 6.06. The Morgan fingerprint density at radius 1 is 1.20 bits per heavy atom. The summed E-state index contributed by atoms with van der Waals surface area (Å²) in [6.45, 7) is 11.0. The Hall–Kier alpha value is -1.42. The first-order chi connectivity index (χ1) is 14.6. The zero-order valence-corrected chi connectivity index (χ0v) is 18.9. The van der Waals surface area contributed by atoms with Crippen molar-refractivity contribution in [2.45, 2.75) is 65.1 Å². The molecule has 0 radical (unpaired) electrons. The molecule has 30 heavy (non-hydrogen) atoms. The number of benzene rings is 1. The maximum absolute atomic E-state index is 9.12. The van der Waals surface area contributed by atoms with Crippen molar-refractivity contribution in [1.29, 1.82) is 0 Å². The van der Waals surface area contributed by atoms with E-state index in [1.807, 2.05) is 12.1 Å². The van der Waals surface area contributed by atoms with Crippen LogP contribution >= 0.6 is 0 Å². The Morgan fingerprint density at radius 3 is 2.73 bits per heavy atom. The fraction of sp³-hybridized carbons (Fsp3) is 0.630. The van der Waals surface area contributed by atoms with Gasteiger partial charge in [-0.15, -0.1) is 0 Å². The Labute approximate surface area is 183 Å². The molecular weight excluding hydrogens is 372 g/mol. The van der Waals surface area contributed by atoms with E-state index in [4.69, 9.17) is 14.6 Å². The van der Waals surface area contributed by atoms with Crippen LogP contribution in [0.2, 0.25) is 0 Å². The van der Waals surface area contributed by atoms with Crippen LogP contribution in [0.25, 0.3) is 0 Å². The SMILES string of the molecule is C=C/C=C(\C)[C@H]1CC[C@]2(C)[C@@H](OCCCO)CC[C@H]2[C@@H]1CCOCc1ccccc1. The van der Waals surface area contributed by atoms with E-state index in [-0.39, 0.29) is 12.0 Å². The Morgan fingerprint density at radius 2 is 2.00 bits per heavy atom. The maximum Gasteiger partial charge on any atom is 0.0716 e. The molecule has 2 fully saturated rings. The maximum atomic E-state index is 9.12. The molecule has 1 aromatic rings. The number of rotatable bonds is 11. The molecule has 0 aromatic heterocycles. The summed E-state index contributed by atoms with van der Waals surface area (Å²) < 4.78 is 12.4. The Balaban J connectivity index is 1.66. The van der Waals surface area contributed by atoms with Crippen molar-refractivity contribution in [1.82, 2.24) is 0 Å². The van der Waals surface area contributed by atoms with Crippen molar-refractivity contribution >= 4 is 0 Å². The normalized spacial score (nSPS) is 31.5. The minimum atomic E-state index is 0.210. The lowest BCUT2D eigenvalue weighted by Gasteiger charge is -2.49. The van der Waals surface area contributed by atoms with Crippen LogP contribution in [0.1, 0.15) is 57.9 Å². The van der Waals surface area contributed by atoms with Gasteiger partial charge >= 0.3 is 0 Å². The zero-order valence-electron chi connectivity index (χ0n) is 18.9. The largest absolute Gasteiger partial charge is 0.396 e. The van der Waals surface area contributed by atoms with E-state index in [1.54, 1.807) is 0 Å². The Bertz CT molecular complexity index is 683. The first-order valence-electron chi connectivity index (χ1n) is 11.7. The number of aliphatic hydroxyl groups is 1. The lowest BCUT2D eigenvalue weighted by Crippen LogP contribution is -2.44. The number of hydrogen-bond donors (Lipinski definition) is 1. The first-order valence-corrected chi connectivity index (χ1v) is 11.7. The van der Waals surface area contributed by atoms with Crippen LogP contribution < -0.4 is 0 Å². The Kier molecular flexibility index (Phi) is 8.73. The summed E-state index contributed by atoms with van der Waals surface area (Å²) >= 11 is 0. The molecule has 0 unspecified atom stereocenters. The monoisotopic (exact) mass is 412 g/mol. The molecule has 2 saturated carbocycles. The van der Waals surface area contributed by atoms with Gasteiger partial charge in [0.1, 0.15) is 0 Å². The highest BCUT2D eigenvalue weighted by Crippen LogP contribution is 2.59. The summed E-state index contributed by atoms with van der Waals surface area (Å²) in [5.41, 5.74) is 2.94. The second kappa shape index (κ2) is 11.3. The molecule has 1 N–H and O–H groups in total. The zero-order chi connectivity index (χ0) is 21.4. The third-order valence-electron chi connectivity index (χ3n) is 7.64. The van der Waals surface area contributed by atoms with E-state index in [0.717, 1.165) is 25.9 Å². The molecule has 0 bridgehead atoms. The highest BCUT2D eigenvalue weighted by molar-refractivity contribution is 5.17. The molecule has 3 nitrogen and oxygen atoms in total. The van der Waals surface area contributed by atoms with E-state index in [0.29, 0.717) is 37.1 Å². The lowest BCUT2D eigenvalue weighted by atomic mass is 9.57. The van der Waals surface area contributed by atoms with Gasteiger partial charge in [-0.05, 0) is 74.2 Å². The number of hydrogen-bond acceptors (Lipinski definition) is 3. The second-order valence-corrected chi connectivity index (χ2v) is 9.41. The van der Waals surface area contributed by atoms with Gasteiger partial charge in [-0.25, -0.2) is 0 Å². The lowest BCUT2D eigenvalue weighted by molar-refractivity contribution is -0.0729. The molecule has 3 heteroatoms. The van der Waals surface area contributed by atoms with Crippen molar-refractivity contribution < 1.29 is 14.6 Å². The van der Waals surface area contributed by atoms with Crippen molar-refractivity contribution in [3.8, 4) is 0 Å². The predicted molar refractivity (Wildman–Crippen MR) is 123 cm³/mol. The van der Waals surface area contributed by atoms with Crippen molar-refractivity contribution in [3.63, 3.8) is 0 Å². The summed E-state index contributed by atoms with van der Waals surface area (Å²) in [5, 5.41) is 9.12. The average molecular weight is 413 g/mol. The van der Waals surface area contributed by atoms with Gasteiger partial charge in [0.05, 0.1) is 12.7 Å². The van der Waals surface area contributed by atoms with Crippen LogP contribution in [-0.4, -0.2) is 31.0 Å². The van der Waals surface area contributed by atoms with Crippen molar-refractivity contribution in [2.75, 3.05) is 19.8 Å². The van der Waals surface area contributed by atoms with Gasteiger partial charge in [0.15, 0.2) is 0 Å². The van der Waals surface area contributed by atoms with Crippen LogP contribution in [0.15, 0.2) is 54.6 Å². The number of fused-ring (bicyclic) bond motifs is 1. The van der Waals surface area contributed by atoms with Crippen LogP contribution in [0, 0.1) is 23.2 Å². The highest BCUT2D eigenvalue weighted by atomic mass is 16.5. The number of aliphatic hydroxyl groups excluding tert-OH is 1. The van der Waals surface area contributed by atoms with Crippen LogP contribution in [-0.2, 0) is 16.1 Å². The van der Waals surface area contributed by atoms with E-state index in [1.165, 1.54) is 30.4 Å². The topological polar surface area (TPSA) is 38.7 Å². The number of allylic oxidation sites excluding steroid dienone is 3. The van der Waals surface area contributed by atoms with E-state index < -0.39 is 0 Å². The third kappa shape index (κ3) is 5.43. The third-order valence-corrected chi connectivity index (χ3v) is 7.64. The summed E-state index contributed by atoms with van der Waals surface area (Å²) in [6.07, 6.45) is 11.1. The average Bonchev–Trinajstić information content (AvgIpc) is 3.09. The minimum absolute atomic E-state index is 0.210. The number of ether oxygens (including phenoxy) is 2. The molecule has 166 valence electrons. The second-order valence-electron chi connectivity index (χ2n) is 9.41. The summed E-state index contributed by atoms with van der Waals surface area (Å²) in [4.78, 5) is 0. The van der Waals surface area contributed by atoms with Gasteiger partial charge in [-0.3, -0.25) is 0 Å².